The van der Waals surface area contributed by atoms with E-state index < -0.39 is 0 Å². The molecule has 1 atom stereocenters. The highest BCUT2D eigenvalue weighted by Crippen LogP contribution is 2.22. The molecule has 0 fully saturated rings. The maximum Gasteiger partial charge on any atom is 0.191 e. The zero-order valence-corrected chi connectivity index (χ0v) is 9.69. The van der Waals surface area contributed by atoms with Crippen LogP contribution in [0.15, 0.2) is 41.5 Å². The average molecular weight is 216 g/mol. The van der Waals surface area contributed by atoms with Crippen molar-refractivity contribution in [2.45, 2.75) is 26.4 Å². The van der Waals surface area contributed by atoms with Crippen LogP contribution >= 0.6 is 0 Å². The van der Waals surface area contributed by atoms with Crippen LogP contribution in [0.5, 0.6) is 0 Å². The van der Waals surface area contributed by atoms with Crippen molar-refractivity contribution in [1.29, 1.82) is 0 Å². The third kappa shape index (κ3) is 2.22. The first kappa shape index (κ1) is 11.1. The largest absolute Gasteiger partial charge is 0.365 e. The van der Waals surface area contributed by atoms with Crippen LogP contribution in [0.4, 0.5) is 0 Å². The lowest BCUT2D eigenvalue weighted by atomic mass is 9.96. The van der Waals surface area contributed by atoms with Crippen molar-refractivity contribution in [3.63, 3.8) is 0 Å². The molecule has 0 amide bonds. The van der Waals surface area contributed by atoms with Gasteiger partial charge in [0.25, 0.3) is 0 Å². The molecule has 1 aliphatic rings. The molecule has 0 N–H and O–H groups in total. The molecule has 0 aliphatic carbocycles. The van der Waals surface area contributed by atoms with Gasteiger partial charge >= 0.3 is 0 Å². The van der Waals surface area contributed by atoms with Crippen LogP contribution < -0.4 is 0 Å². The molecule has 0 radical (unpaired) electrons. The van der Waals surface area contributed by atoms with Crippen molar-refractivity contribution in [1.82, 2.24) is 0 Å². The molecule has 84 valence electrons. The quantitative estimate of drug-likeness (QED) is 0.561. The van der Waals surface area contributed by atoms with Gasteiger partial charge in [-0.25, -0.2) is 0 Å². The number of ketones is 1. The lowest BCUT2D eigenvalue weighted by Gasteiger charge is -2.23. The molecule has 0 saturated carbocycles. The van der Waals surface area contributed by atoms with Gasteiger partial charge in [0.15, 0.2) is 5.78 Å². The Hall–Kier alpha value is -1.41. The van der Waals surface area contributed by atoms with Gasteiger partial charge in [-0.2, -0.15) is 0 Å². The molecule has 2 nitrogen and oxygen atoms in total. The molecule has 0 saturated heterocycles. The van der Waals surface area contributed by atoms with Crippen LogP contribution in [0.25, 0.3) is 0 Å². The number of ether oxygens (including phenoxy) is 1. The van der Waals surface area contributed by atoms with E-state index in [0.717, 1.165) is 12.0 Å². The van der Waals surface area contributed by atoms with Gasteiger partial charge in [0.05, 0.1) is 6.61 Å². The highest BCUT2D eigenvalue weighted by molar-refractivity contribution is 5.99. The van der Waals surface area contributed by atoms with Crippen molar-refractivity contribution in [3.05, 3.63) is 47.0 Å². The van der Waals surface area contributed by atoms with Gasteiger partial charge in [-0.15, -0.1) is 0 Å². The monoisotopic (exact) mass is 216 g/mol. The maximum atomic E-state index is 12.1. The summed E-state index contributed by atoms with van der Waals surface area (Å²) in [5, 5.41) is 0. The summed E-state index contributed by atoms with van der Waals surface area (Å²) >= 11 is 0. The van der Waals surface area contributed by atoms with Crippen LogP contribution in [-0.2, 0) is 4.74 Å². The molecule has 16 heavy (non-hydrogen) atoms. The summed E-state index contributed by atoms with van der Waals surface area (Å²) in [6.45, 7) is 4.71. The minimum Gasteiger partial charge on any atom is -0.365 e. The van der Waals surface area contributed by atoms with Gasteiger partial charge in [-0.3, -0.25) is 4.79 Å². The fourth-order valence-electron chi connectivity index (χ4n) is 1.82. The van der Waals surface area contributed by atoms with E-state index in [1.54, 1.807) is 0 Å². The second-order valence-electron chi connectivity index (χ2n) is 4.29. The van der Waals surface area contributed by atoms with E-state index in [9.17, 15) is 4.79 Å². The first-order valence-electron chi connectivity index (χ1n) is 5.54. The molecule has 2 rings (SSSR count). The lowest BCUT2D eigenvalue weighted by molar-refractivity contribution is 0.0434. The fraction of sp³-hybridized carbons (Fsp3) is 0.357. The predicted molar refractivity (Wildman–Crippen MR) is 63.5 cm³/mol. The van der Waals surface area contributed by atoms with Crippen LogP contribution in [-0.4, -0.2) is 18.5 Å². The Bertz CT molecular complexity index is 418. The molecule has 1 aromatic carbocycles. The molecular weight excluding hydrogens is 200 g/mol. The number of carbonyl (C=O) groups is 1. The van der Waals surface area contributed by atoms with Crippen LogP contribution in [0.2, 0.25) is 0 Å². The molecule has 1 aromatic rings. The standard InChI is InChI=1S/C14H16O2/c1-10-8-13(16-9-11(10)2)14(15)12-6-4-3-5-7-12/h3-7,13H,8-9H2,1-2H3/t13-/m0/s1. The molecular formula is C14H16O2. The Balaban J connectivity index is 2.14. The SMILES string of the molecule is CC1=C(C)C[C@@H](C(=O)c2ccccc2)OC1. The molecule has 0 spiro atoms. The topological polar surface area (TPSA) is 26.3 Å². The highest BCUT2D eigenvalue weighted by Gasteiger charge is 2.24. The zero-order chi connectivity index (χ0) is 11.5. The van der Waals surface area contributed by atoms with Crippen molar-refractivity contribution in [3.8, 4) is 0 Å². The Kier molecular flexibility index (Phi) is 3.20. The fourth-order valence-corrected chi connectivity index (χ4v) is 1.82. The van der Waals surface area contributed by atoms with E-state index >= 15 is 0 Å². The summed E-state index contributed by atoms with van der Waals surface area (Å²) < 4.78 is 5.57. The summed E-state index contributed by atoms with van der Waals surface area (Å²) in [6, 6.07) is 9.35. The summed E-state index contributed by atoms with van der Waals surface area (Å²) in [5.74, 6) is 0.0902. The van der Waals surface area contributed by atoms with Crippen molar-refractivity contribution in [2.75, 3.05) is 6.61 Å². The number of benzene rings is 1. The second-order valence-corrected chi connectivity index (χ2v) is 4.29. The third-order valence-corrected chi connectivity index (χ3v) is 3.07. The Morgan fingerprint density at radius 3 is 2.50 bits per heavy atom. The third-order valence-electron chi connectivity index (χ3n) is 3.07. The number of hydrogen-bond donors (Lipinski definition) is 0. The molecule has 1 heterocycles. The van der Waals surface area contributed by atoms with E-state index in [1.807, 2.05) is 30.3 Å². The zero-order valence-electron chi connectivity index (χ0n) is 9.69. The first-order valence-corrected chi connectivity index (χ1v) is 5.54. The molecule has 2 heteroatoms. The first-order chi connectivity index (χ1) is 7.68. The number of hydrogen-bond acceptors (Lipinski definition) is 2. The van der Waals surface area contributed by atoms with E-state index in [1.165, 1.54) is 11.1 Å². The van der Waals surface area contributed by atoms with Gasteiger partial charge in [-0.1, -0.05) is 35.9 Å². The second kappa shape index (κ2) is 4.62. The predicted octanol–water partition coefficient (Wildman–Crippen LogP) is 2.99. The number of carbonyl (C=O) groups excluding carboxylic acids is 1. The normalized spacial score (nSPS) is 21.0. The summed E-state index contributed by atoms with van der Waals surface area (Å²) in [7, 11) is 0. The van der Waals surface area contributed by atoms with Gasteiger partial charge in [0, 0.05) is 12.0 Å². The van der Waals surface area contributed by atoms with Gasteiger partial charge in [-0.05, 0) is 19.4 Å². The van der Waals surface area contributed by atoms with Gasteiger partial charge < -0.3 is 4.74 Å². The van der Waals surface area contributed by atoms with Gasteiger partial charge in [0.2, 0.25) is 0 Å². The van der Waals surface area contributed by atoms with Crippen molar-refractivity contribution in [2.24, 2.45) is 0 Å². The van der Waals surface area contributed by atoms with Crippen LogP contribution in [0.3, 0.4) is 0 Å². The van der Waals surface area contributed by atoms with Gasteiger partial charge in [0.1, 0.15) is 6.10 Å². The van der Waals surface area contributed by atoms with E-state index in [-0.39, 0.29) is 11.9 Å². The van der Waals surface area contributed by atoms with E-state index in [0.29, 0.717) is 6.61 Å². The minimum atomic E-state index is -0.300. The van der Waals surface area contributed by atoms with E-state index in [4.69, 9.17) is 4.74 Å². The number of rotatable bonds is 2. The lowest BCUT2D eigenvalue weighted by Crippen LogP contribution is -2.29. The van der Waals surface area contributed by atoms with Crippen LogP contribution in [0.1, 0.15) is 30.6 Å². The smallest absolute Gasteiger partial charge is 0.191 e. The molecule has 1 aliphatic heterocycles. The minimum absolute atomic E-state index is 0.0902. The Morgan fingerprint density at radius 1 is 1.19 bits per heavy atom. The average Bonchev–Trinajstić information content (AvgIpc) is 2.33. The Morgan fingerprint density at radius 2 is 1.88 bits per heavy atom. The highest BCUT2D eigenvalue weighted by atomic mass is 16.5. The van der Waals surface area contributed by atoms with Crippen molar-refractivity contribution < 1.29 is 9.53 Å². The summed E-state index contributed by atoms with van der Waals surface area (Å²) in [4.78, 5) is 12.1. The summed E-state index contributed by atoms with van der Waals surface area (Å²) in [5.41, 5.74) is 3.26. The molecule has 0 unspecified atom stereocenters. The summed E-state index contributed by atoms with van der Waals surface area (Å²) in [6.07, 6.45) is 0.422. The van der Waals surface area contributed by atoms with Crippen molar-refractivity contribution >= 4 is 5.78 Å². The Labute approximate surface area is 95.9 Å². The number of Topliss-reactive ketones (excluding diaryl/α,β-unsaturated/α-hetero) is 1. The molecule has 0 bridgehead atoms. The maximum absolute atomic E-state index is 12.1. The van der Waals surface area contributed by atoms with Crippen LogP contribution in [0, 0.1) is 0 Å². The van der Waals surface area contributed by atoms with E-state index in [2.05, 4.69) is 13.8 Å². The molecule has 0 aromatic heterocycles.